The second-order valence-corrected chi connectivity index (χ2v) is 9.73. The van der Waals surface area contributed by atoms with Crippen LogP contribution in [0.4, 0.5) is 14.9 Å². The first-order valence-corrected chi connectivity index (χ1v) is 13.2. The van der Waals surface area contributed by atoms with Gasteiger partial charge in [0.2, 0.25) is 6.79 Å². The molecule has 4 heterocycles. The number of amides is 2. The first kappa shape index (κ1) is 24.0. The average Bonchev–Trinajstić information content (AvgIpc) is 3.71. The highest BCUT2D eigenvalue weighted by Gasteiger charge is 2.36. The Hall–Kier alpha value is -5.05. The molecule has 5 aromatic rings. The molecule has 1 unspecified atom stereocenters. The van der Waals surface area contributed by atoms with E-state index in [2.05, 4.69) is 16.8 Å². The molecule has 200 valence electrons. The monoisotopic (exact) mass is 535 g/mol. The largest absolute Gasteiger partial charge is 0.454 e. The lowest BCUT2D eigenvalue weighted by Crippen LogP contribution is -2.38. The quantitative estimate of drug-likeness (QED) is 0.296. The highest BCUT2D eigenvalue weighted by Crippen LogP contribution is 2.40. The maximum Gasteiger partial charge on any atom is 0.322 e. The van der Waals surface area contributed by atoms with Crippen LogP contribution in [-0.4, -0.2) is 32.1 Å². The van der Waals surface area contributed by atoms with Gasteiger partial charge in [0.25, 0.3) is 0 Å². The van der Waals surface area contributed by atoms with Crippen LogP contribution >= 0.6 is 0 Å². The molecule has 8 nitrogen and oxygen atoms in total. The lowest BCUT2D eigenvalue weighted by atomic mass is 10.0. The summed E-state index contributed by atoms with van der Waals surface area (Å²) in [5.41, 5.74) is 5.03. The maximum absolute atomic E-state index is 14.1. The van der Waals surface area contributed by atoms with Crippen molar-refractivity contribution in [2.45, 2.75) is 25.9 Å². The van der Waals surface area contributed by atoms with Gasteiger partial charge < -0.3 is 24.3 Å². The van der Waals surface area contributed by atoms with E-state index in [4.69, 9.17) is 14.6 Å². The lowest BCUT2D eigenvalue weighted by Gasteiger charge is -2.31. The summed E-state index contributed by atoms with van der Waals surface area (Å²) >= 11 is 0. The van der Waals surface area contributed by atoms with Crippen LogP contribution in [0.1, 0.15) is 35.5 Å². The van der Waals surface area contributed by atoms with Crippen molar-refractivity contribution in [3.8, 4) is 23.0 Å². The van der Waals surface area contributed by atoms with Crippen LogP contribution in [0.3, 0.4) is 0 Å². The number of aryl methyl sites for hydroxylation is 1. The molecule has 0 saturated heterocycles. The van der Waals surface area contributed by atoms with Crippen molar-refractivity contribution in [3.05, 3.63) is 119 Å². The Labute approximate surface area is 230 Å². The third-order valence-electron chi connectivity index (χ3n) is 7.37. The van der Waals surface area contributed by atoms with Gasteiger partial charge in [-0.05, 0) is 60.5 Å². The Kier molecular flexibility index (Phi) is 5.77. The van der Waals surface area contributed by atoms with E-state index in [1.165, 1.54) is 12.1 Å². The van der Waals surface area contributed by atoms with Gasteiger partial charge in [-0.25, -0.2) is 13.9 Å². The molecule has 9 heteroatoms. The van der Waals surface area contributed by atoms with Crippen LogP contribution in [0.25, 0.3) is 11.5 Å². The predicted molar refractivity (Wildman–Crippen MR) is 148 cm³/mol. The summed E-state index contributed by atoms with van der Waals surface area (Å²) in [7, 11) is 0. The molecule has 40 heavy (non-hydrogen) atoms. The number of nitrogens with zero attached hydrogens (tertiary/aromatic N) is 4. The summed E-state index contributed by atoms with van der Waals surface area (Å²) in [5.74, 6) is 1.77. The van der Waals surface area contributed by atoms with Gasteiger partial charge in [0, 0.05) is 23.5 Å². The van der Waals surface area contributed by atoms with Crippen molar-refractivity contribution < 1.29 is 18.7 Å². The molecule has 2 aliphatic heterocycles. The lowest BCUT2D eigenvalue weighted by molar-refractivity contribution is 0.174. The molecule has 0 spiro atoms. The topological polar surface area (TPSA) is 73.6 Å². The number of rotatable bonds is 4. The van der Waals surface area contributed by atoms with Crippen molar-refractivity contribution in [1.29, 1.82) is 0 Å². The van der Waals surface area contributed by atoms with E-state index in [1.807, 2.05) is 53.3 Å². The van der Waals surface area contributed by atoms with Gasteiger partial charge in [0.15, 0.2) is 11.5 Å². The Morgan fingerprint density at radius 1 is 1.00 bits per heavy atom. The number of carbonyl (C=O) groups is 1. The smallest absolute Gasteiger partial charge is 0.322 e. The van der Waals surface area contributed by atoms with E-state index in [9.17, 15) is 9.18 Å². The Morgan fingerprint density at radius 2 is 1.80 bits per heavy atom. The van der Waals surface area contributed by atoms with Gasteiger partial charge >= 0.3 is 6.03 Å². The molecule has 0 radical (unpaired) electrons. The molecular weight excluding hydrogens is 509 g/mol. The van der Waals surface area contributed by atoms with Gasteiger partial charge in [-0.15, -0.1) is 0 Å². The number of ether oxygens (including phenoxy) is 2. The summed E-state index contributed by atoms with van der Waals surface area (Å²) < 4.78 is 29.0. The van der Waals surface area contributed by atoms with E-state index in [1.54, 1.807) is 35.2 Å². The zero-order valence-corrected chi connectivity index (χ0v) is 21.8. The fourth-order valence-electron chi connectivity index (χ4n) is 5.51. The van der Waals surface area contributed by atoms with Crippen molar-refractivity contribution in [3.63, 3.8) is 0 Å². The van der Waals surface area contributed by atoms with Gasteiger partial charge in [0.1, 0.15) is 11.6 Å². The van der Waals surface area contributed by atoms with E-state index >= 15 is 0 Å². The minimum absolute atomic E-state index is 0.149. The number of anilines is 1. The van der Waals surface area contributed by atoms with Gasteiger partial charge in [-0.3, -0.25) is 0 Å². The molecule has 1 atom stereocenters. The summed E-state index contributed by atoms with van der Waals surface area (Å²) in [6.07, 6.45) is 2.68. The second kappa shape index (κ2) is 9.60. The summed E-state index contributed by atoms with van der Waals surface area (Å²) in [6, 6.07) is 24.8. The van der Waals surface area contributed by atoms with Crippen molar-refractivity contribution in [2.75, 3.05) is 12.1 Å². The molecule has 0 bridgehead atoms. The second-order valence-electron chi connectivity index (χ2n) is 9.73. The van der Waals surface area contributed by atoms with E-state index < -0.39 is 6.04 Å². The zero-order chi connectivity index (χ0) is 27.2. The van der Waals surface area contributed by atoms with E-state index in [0.717, 1.165) is 34.0 Å². The first-order valence-electron chi connectivity index (χ1n) is 13.2. The molecule has 7 rings (SSSR count). The number of aromatic nitrogens is 3. The number of urea groups is 1. The molecular formula is C31H26FN5O3. The Balaban J connectivity index is 1.38. The van der Waals surface area contributed by atoms with Crippen LogP contribution in [0.15, 0.2) is 91.1 Å². The molecule has 0 fully saturated rings. The molecule has 0 aliphatic carbocycles. The van der Waals surface area contributed by atoms with Crippen LogP contribution in [0.5, 0.6) is 11.5 Å². The van der Waals surface area contributed by atoms with Crippen molar-refractivity contribution >= 4 is 11.7 Å². The standard InChI is InChI=1S/C31H26FN5O3/c1-2-25-24-18-36(31(38)33-22-14-15-27-28(17-22)40-19-39-27)29(20-10-12-21(32)13-11-20)26-9-6-16-35(26)30(24)37(34-25)23-7-4-3-5-8-23/h3-17,29H,2,18-19H2,1H3,(H,33,38). The Morgan fingerprint density at radius 3 is 2.60 bits per heavy atom. The number of fused-ring (bicyclic) bond motifs is 4. The van der Waals surface area contributed by atoms with Crippen LogP contribution in [-0.2, 0) is 13.0 Å². The summed E-state index contributed by atoms with van der Waals surface area (Å²) in [6.45, 7) is 2.51. The van der Waals surface area contributed by atoms with Gasteiger partial charge in [0.05, 0.1) is 29.7 Å². The molecule has 0 saturated carbocycles. The minimum atomic E-state index is -0.494. The number of carbonyl (C=O) groups excluding carboxylic acids is 1. The molecule has 3 aromatic carbocycles. The number of para-hydroxylation sites is 1. The van der Waals surface area contributed by atoms with Crippen LogP contribution < -0.4 is 14.8 Å². The fraction of sp³-hybridized carbons (Fsp3) is 0.161. The highest BCUT2D eigenvalue weighted by atomic mass is 19.1. The number of benzene rings is 3. The predicted octanol–water partition coefficient (Wildman–Crippen LogP) is 6.23. The molecule has 2 aliphatic rings. The fourth-order valence-corrected chi connectivity index (χ4v) is 5.51. The van der Waals surface area contributed by atoms with E-state index in [0.29, 0.717) is 30.2 Å². The van der Waals surface area contributed by atoms with Crippen LogP contribution in [0, 0.1) is 5.82 Å². The van der Waals surface area contributed by atoms with E-state index in [-0.39, 0.29) is 18.6 Å². The summed E-state index contributed by atoms with van der Waals surface area (Å²) in [4.78, 5) is 15.9. The van der Waals surface area contributed by atoms with Crippen molar-refractivity contribution in [2.24, 2.45) is 0 Å². The van der Waals surface area contributed by atoms with Gasteiger partial charge in [-0.1, -0.05) is 37.3 Å². The van der Waals surface area contributed by atoms with Crippen LogP contribution in [0.2, 0.25) is 0 Å². The number of nitrogens with one attached hydrogen (secondary N) is 1. The third kappa shape index (κ3) is 3.98. The summed E-state index contributed by atoms with van der Waals surface area (Å²) in [5, 5.41) is 8.04. The maximum atomic E-state index is 14.1. The minimum Gasteiger partial charge on any atom is -0.454 e. The number of hydrogen-bond donors (Lipinski definition) is 1. The van der Waals surface area contributed by atoms with Crippen molar-refractivity contribution in [1.82, 2.24) is 19.2 Å². The molecule has 1 N–H and O–H groups in total. The Bertz CT molecular complexity index is 1710. The zero-order valence-electron chi connectivity index (χ0n) is 21.8. The first-order chi connectivity index (χ1) is 19.6. The van der Waals surface area contributed by atoms with Gasteiger partial charge in [-0.2, -0.15) is 5.10 Å². The third-order valence-corrected chi connectivity index (χ3v) is 7.37. The normalized spacial score (nSPS) is 15.3. The number of halogens is 1. The molecule has 2 aromatic heterocycles. The molecule has 2 amide bonds. The average molecular weight is 536 g/mol. The highest BCUT2D eigenvalue weighted by molar-refractivity contribution is 5.90. The number of hydrogen-bond acceptors (Lipinski definition) is 4. The SMILES string of the molecule is CCc1nn(-c2ccccc2)c2c1CN(C(=O)Nc1ccc3c(c1)OCO3)C(c1ccc(F)cc1)c1cccn1-2.